The van der Waals surface area contributed by atoms with Crippen LogP contribution in [0, 0.1) is 17.8 Å². The molecule has 2 unspecified atom stereocenters. The number of Topliss-reactive ketones (excluding diaryl/α,β-unsaturated/α-hetero) is 1. The number of carbonyl (C=O) groups is 1. The van der Waals surface area contributed by atoms with Crippen LogP contribution in [-0.4, -0.2) is 20.7 Å². The predicted molar refractivity (Wildman–Crippen MR) is 53.9 cm³/mol. The zero-order chi connectivity index (χ0) is 11.4. The van der Waals surface area contributed by atoms with E-state index in [9.17, 15) is 9.36 Å². The third-order valence-electron chi connectivity index (χ3n) is 1.60. The van der Waals surface area contributed by atoms with Crippen LogP contribution < -0.4 is 0 Å². The minimum Gasteiger partial charge on any atom is -0.323 e. The molecule has 0 spiro atoms. The predicted octanol–water partition coefficient (Wildman–Crippen LogP) is 1.35. The molecule has 6 heteroatoms. The maximum atomic E-state index is 11.3. The van der Waals surface area contributed by atoms with Crippen LogP contribution in [0.5, 0.6) is 0 Å². The maximum absolute atomic E-state index is 11.3. The lowest BCUT2D eigenvalue weighted by Gasteiger charge is -2.13. The maximum Gasteiger partial charge on any atom is 0.350 e. The fourth-order valence-corrected chi connectivity index (χ4v) is 1.56. The number of carbonyl (C=O) groups excluding carboxylic acids is 1. The molecular formula is C8H12ClO4P. The van der Waals surface area contributed by atoms with Gasteiger partial charge in [-0.1, -0.05) is 6.92 Å². The van der Waals surface area contributed by atoms with Crippen molar-refractivity contribution in [2.24, 2.45) is 5.92 Å². The summed E-state index contributed by atoms with van der Waals surface area (Å²) in [6, 6.07) is 0. The molecule has 14 heavy (non-hydrogen) atoms. The molecule has 2 N–H and O–H groups in total. The van der Waals surface area contributed by atoms with Crippen molar-refractivity contribution in [3.63, 3.8) is 0 Å². The average molecular weight is 239 g/mol. The summed E-state index contributed by atoms with van der Waals surface area (Å²) in [5, 5.41) is -1.75. The molecule has 0 aromatic carbocycles. The molecule has 0 amide bonds. The lowest BCUT2D eigenvalue weighted by atomic mass is 10.0. The summed E-state index contributed by atoms with van der Waals surface area (Å²) in [7, 11) is -4.53. The van der Waals surface area contributed by atoms with Gasteiger partial charge < -0.3 is 9.79 Å². The molecule has 0 aliphatic heterocycles. The van der Waals surface area contributed by atoms with Crippen LogP contribution >= 0.6 is 19.2 Å². The Labute approximate surface area is 87.8 Å². The largest absolute Gasteiger partial charge is 0.350 e. The van der Waals surface area contributed by atoms with Crippen molar-refractivity contribution in [2.75, 3.05) is 0 Å². The number of halogens is 1. The second kappa shape index (κ2) is 5.53. The van der Waals surface area contributed by atoms with Crippen LogP contribution in [0.25, 0.3) is 0 Å². The molecule has 2 atom stereocenters. The molecule has 0 aliphatic rings. The van der Waals surface area contributed by atoms with Crippen LogP contribution in [0.3, 0.4) is 0 Å². The van der Waals surface area contributed by atoms with E-state index in [1.165, 1.54) is 6.92 Å². The van der Waals surface area contributed by atoms with E-state index in [1.54, 1.807) is 6.92 Å². The van der Waals surface area contributed by atoms with Gasteiger partial charge in [-0.05, 0) is 6.92 Å². The quantitative estimate of drug-likeness (QED) is 0.440. The Morgan fingerprint density at radius 1 is 1.57 bits per heavy atom. The standard InChI is InChI=1S/C8H12ClO4P/c1-3-4-5-6(2)7(10)8(9)14(11,12)13/h6,8H,5H2,1-2H3,(H2,11,12,13). The first-order chi connectivity index (χ1) is 6.30. The van der Waals surface area contributed by atoms with Gasteiger partial charge in [0, 0.05) is 12.3 Å². The average Bonchev–Trinajstić information content (AvgIpc) is 2.10. The van der Waals surface area contributed by atoms with Gasteiger partial charge in [0.05, 0.1) is 0 Å². The molecule has 0 fully saturated rings. The van der Waals surface area contributed by atoms with Gasteiger partial charge in [0.15, 0.2) is 10.9 Å². The summed E-state index contributed by atoms with van der Waals surface area (Å²) in [5.41, 5.74) is 0. The topological polar surface area (TPSA) is 74.6 Å². The number of hydrogen-bond acceptors (Lipinski definition) is 2. The highest BCUT2D eigenvalue weighted by Gasteiger charge is 2.35. The van der Waals surface area contributed by atoms with Crippen LogP contribution in [0.1, 0.15) is 20.3 Å². The van der Waals surface area contributed by atoms with Crippen molar-refractivity contribution in [1.82, 2.24) is 0 Å². The monoisotopic (exact) mass is 238 g/mol. The Hall–Kier alpha value is -0.330. The molecule has 0 aromatic heterocycles. The molecule has 0 radical (unpaired) electrons. The van der Waals surface area contributed by atoms with Gasteiger partial charge in [0.1, 0.15) is 0 Å². The molecule has 0 bridgehead atoms. The molecule has 0 saturated heterocycles. The van der Waals surface area contributed by atoms with Gasteiger partial charge in [-0.15, -0.1) is 23.4 Å². The third-order valence-corrected chi connectivity index (χ3v) is 3.42. The smallest absolute Gasteiger partial charge is 0.323 e. The summed E-state index contributed by atoms with van der Waals surface area (Å²) in [6.07, 6.45) is 0.262. The summed E-state index contributed by atoms with van der Waals surface area (Å²) in [4.78, 5) is 28.6. The van der Waals surface area contributed by atoms with Crippen LogP contribution in [-0.2, 0) is 9.36 Å². The molecular weight excluding hydrogens is 227 g/mol. The van der Waals surface area contributed by atoms with Gasteiger partial charge in [0.25, 0.3) is 0 Å². The van der Waals surface area contributed by atoms with Crippen LogP contribution in [0.15, 0.2) is 0 Å². The van der Waals surface area contributed by atoms with E-state index in [2.05, 4.69) is 11.8 Å². The Morgan fingerprint density at radius 2 is 2.07 bits per heavy atom. The zero-order valence-corrected chi connectivity index (χ0v) is 9.55. The van der Waals surface area contributed by atoms with Gasteiger partial charge in [-0.25, -0.2) is 0 Å². The molecule has 4 nitrogen and oxygen atoms in total. The van der Waals surface area contributed by atoms with E-state index < -0.39 is 24.4 Å². The SMILES string of the molecule is CC#CCC(C)C(=O)C(Cl)P(=O)(O)O. The Balaban J connectivity index is 4.45. The normalized spacial score (nSPS) is 15.2. The van der Waals surface area contributed by atoms with E-state index in [4.69, 9.17) is 21.4 Å². The van der Waals surface area contributed by atoms with Crippen molar-refractivity contribution in [2.45, 2.75) is 25.4 Å². The van der Waals surface area contributed by atoms with E-state index in [0.717, 1.165) is 0 Å². The number of hydrogen-bond donors (Lipinski definition) is 2. The lowest BCUT2D eigenvalue weighted by Crippen LogP contribution is -2.21. The van der Waals surface area contributed by atoms with Crippen LogP contribution in [0.2, 0.25) is 0 Å². The van der Waals surface area contributed by atoms with E-state index in [1.807, 2.05) is 0 Å². The molecule has 0 saturated carbocycles. The minimum atomic E-state index is -4.53. The van der Waals surface area contributed by atoms with E-state index in [-0.39, 0.29) is 6.42 Å². The summed E-state index contributed by atoms with van der Waals surface area (Å²) >= 11 is 5.32. The Kier molecular flexibility index (Phi) is 5.40. The van der Waals surface area contributed by atoms with E-state index >= 15 is 0 Å². The first-order valence-corrected chi connectivity index (χ1v) is 6.05. The highest BCUT2D eigenvalue weighted by Crippen LogP contribution is 2.45. The highest BCUT2D eigenvalue weighted by atomic mass is 35.5. The molecule has 0 aliphatic carbocycles. The highest BCUT2D eigenvalue weighted by molar-refractivity contribution is 7.55. The second-order valence-corrected chi connectivity index (χ2v) is 5.29. The van der Waals surface area contributed by atoms with Crippen molar-refractivity contribution in [3.8, 4) is 11.8 Å². The van der Waals surface area contributed by atoms with Crippen molar-refractivity contribution >= 4 is 25.0 Å². The Morgan fingerprint density at radius 3 is 2.43 bits per heavy atom. The summed E-state index contributed by atoms with van der Waals surface area (Å²) in [6.45, 7) is 3.16. The molecule has 0 aromatic rings. The second-order valence-electron chi connectivity index (χ2n) is 2.86. The number of alkyl halides is 1. The minimum absolute atomic E-state index is 0.262. The zero-order valence-electron chi connectivity index (χ0n) is 7.90. The van der Waals surface area contributed by atoms with Crippen LogP contribution in [0.4, 0.5) is 0 Å². The first-order valence-electron chi connectivity index (χ1n) is 3.93. The van der Waals surface area contributed by atoms with Crippen molar-refractivity contribution < 1.29 is 19.1 Å². The van der Waals surface area contributed by atoms with Gasteiger partial charge in [-0.3, -0.25) is 9.36 Å². The lowest BCUT2D eigenvalue weighted by molar-refractivity contribution is -0.120. The van der Waals surface area contributed by atoms with Gasteiger partial charge in [-0.2, -0.15) is 0 Å². The van der Waals surface area contributed by atoms with Crippen molar-refractivity contribution in [1.29, 1.82) is 0 Å². The van der Waals surface area contributed by atoms with Gasteiger partial charge in [0.2, 0.25) is 0 Å². The Bertz CT molecular complexity index is 311. The first kappa shape index (κ1) is 13.7. The third kappa shape index (κ3) is 4.26. The number of ketones is 1. The summed E-state index contributed by atoms with van der Waals surface area (Å²) in [5.74, 6) is 4.02. The fourth-order valence-electron chi connectivity index (χ4n) is 0.756. The molecule has 0 heterocycles. The number of rotatable bonds is 4. The van der Waals surface area contributed by atoms with Crippen molar-refractivity contribution in [3.05, 3.63) is 0 Å². The molecule has 0 rings (SSSR count). The fraction of sp³-hybridized carbons (Fsp3) is 0.625. The van der Waals surface area contributed by atoms with E-state index in [0.29, 0.717) is 0 Å². The molecule has 80 valence electrons. The summed E-state index contributed by atoms with van der Waals surface area (Å²) < 4.78 is 10.7. The van der Waals surface area contributed by atoms with Gasteiger partial charge >= 0.3 is 7.60 Å².